The van der Waals surface area contributed by atoms with Crippen LogP contribution in [-0.2, 0) is 6.18 Å². The maximum atomic E-state index is 12.4. The highest BCUT2D eigenvalue weighted by Gasteiger charge is 2.39. The van der Waals surface area contributed by atoms with Crippen molar-refractivity contribution in [2.24, 2.45) is 0 Å². The smallest absolute Gasteiger partial charge is 0.373 e. The molecule has 6 nitrogen and oxygen atoms in total. The summed E-state index contributed by atoms with van der Waals surface area (Å²) in [5.74, 6) is 0. The van der Waals surface area contributed by atoms with E-state index < -0.39 is 23.4 Å². The lowest BCUT2D eigenvalue weighted by Crippen LogP contribution is -2.54. The Bertz CT molecular complexity index is 483. The molecule has 0 radical (unpaired) electrons. The van der Waals surface area contributed by atoms with Crippen molar-refractivity contribution in [3.63, 3.8) is 0 Å². The van der Waals surface area contributed by atoms with Gasteiger partial charge < -0.3 is 10.0 Å². The van der Waals surface area contributed by atoms with Gasteiger partial charge in [0.2, 0.25) is 10.1 Å². The van der Waals surface area contributed by atoms with Crippen LogP contribution in [0.15, 0.2) is 0 Å². The van der Waals surface area contributed by atoms with Gasteiger partial charge >= 0.3 is 12.2 Å². The monoisotopic (exact) mass is 316 g/mol. The number of halogens is 4. The molecule has 0 aliphatic carbocycles. The summed E-state index contributed by atoms with van der Waals surface area (Å²) in [5, 5.41) is 14.5. The summed E-state index contributed by atoms with van der Waals surface area (Å²) < 4.78 is 37.2. The zero-order chi connectivity index (χ0) is 14.2. The van der Waals surface area contributed by atoms with Crippen molar-refractivity contribution in [1.82, 2.24) is 15.1 Å². The molecule has 2 heterocycles. The molecule has 11 heteroatoms. The lowest BCUT2D eigenvalue weighted by atomic mass is 10.3. The molecule has 0 saturated carbocycles. The normalized spacial score (nSPS) is 21.1. The van der Waals surface area contributed by atoms with Crippen LogP contribution in [0.25, 0.3) is 0 Å². The highest BCUT2D eigenvalue weighted by atomic mass is 35.5. The van der Waals surface area contributed by atoms with Gasteiger partial charge in [-0.05, 0) is 0 Å². The molecule has 2 amide bonds. The minimum atomic E-state index is -4.63. The SMILES string of the molecule is O=C1N(CCl)CCC(O)N1c1nnc(C(F)(F)F)s1. The van der Waals surface area contributed by atoms with Crippen LogP contribution in [0.5, 0.6) is 0 Å². The highest BCUT2D eigenvalue weighted by molar-refractivity contribution is 7.15. The molecule has 19 heavy (non-hydrogen) atoms. The first-order valence-electron chi connectivity index (χ1n) is 5.07. The molecule has 106 valence electrons. The van der Waals surface area contributed by atoms with Gasteiger partial charge in [0.05, 0.1) is 6.00 Å². The van der Waals surface area contributed by atoms with Crippen molar-refractivity contribution in [1.29, 1.82) is 0 Å². The van der Waals surface area contributed by atoms with Crippen molar-refractivity contribution < 1.29 is 23.1 Å². The minimum absolute atomic E-state index is 0.118. The summed E-state index contributed by atoms with van der Waals surface area (Å²) in [6.45, 7) is 0.227. The Kier molecular flexibility index (Phi) is 3.83. The first kappa shape index (κ1) is 14.3. The van der Waals surface area contributed by atoms with Crippen molar-refractivity contribution in [2.45, 2.75) is 18.8 Å². The van der Waals surface area contributed by atoms with Crippen LogP contribution in [0.2, 0.25) is 0 Å². The number of rotatable bonds is 2. The third-order valence-corrected chi connectivity index (χ3v) is 3.69. The lowest BCUT2D eigenvalue weighted by Gasteiger charge is -2.36. The van der Waals surface area contributed by atoms with Crippen LogP contribution in [0.1, 0.15) is 11.4 Å². The second-order valence-corrected chi connectivity index (χ2v) is 4.89. The number of alkyl halides is 4. The molecule has 1 aliphatic rings. The Labute approximate surface area is 114 Å². The summed E-state index contributed by atoms with van der Waals surface area (Å²) in [6.07, 6.45) is -5.70. The molecule has 1 aromatic heterocycles. The molecule has 1 saturated heterocycles. The standard InChI is InChI=1S/C8H8ClF3N4O2S/c9-3-15-2-1-4(17)16(7(15)18)6-14-13-5(19-6)8(10,11)12/h4,17H,1-3H2. The molecular weight excluding hydrogens is 309 g/mol. The second kappa shape index (κ2) is 5.10. The largest absolute Gasteiger partial charge is 0.445 e. The summed E-state index contributed by atoms with van der Waals surface area (Å²) in [5.41, 5.74) is 0. The van der Waals surface area contributed by atoms with Crippen LogP contribution in [0, 0.1) is 0 Å². The fourth-order valence-corrected chi connectivity index (χ4v) is 2.50. The number of amides is 2. The van der Waals surface area contributed by atoms with Crippen molar-refractivity contribution in [2.75, 3.05) is 17.4 Å². The van der Waals surface area contributed by atoms with Gasteiger partial charge in [0.1, 0.15) is 6.23 Å². The predicted octanol–water partition coefficient (Wildman–Crippen LogP) is 1.70. The lowest BCUT2D eigenvalue weighted by molar-refractivity contribution is -0.138. The number of nitrogens with zero attached hydrogens (tertiary/aromatic N) is 4. The Morgan fingerprint density at radius 1 is 1.47 bits per heavy atom. The number of carbonyl (C=O) groups excluding carboxylic acids is 1. The predicted molar refractivity (Wildman–Crippen MR) is 60.8 cm³/mol. The van der Waals surface area contributed by atoms with Crippen LogP contribution < -0.4 is 4.90 Å². The van der Waals surface area contributed by atoms with Crippen LogP contribution in [0.4, 0.5) is 23.1 Å². The van der Waals surface area contributed by atoms with Crippen LogP contribution in [-0.4, -0.2) is 45.0 Å². The van der Waals surface area contributed by atoms with E-state index in [1.54, 1.807) is 0 Å². The molecule has 1 fully saturated rings. The Hall–Kier alpha value is -1.13. The van der Waals surface area contributed by atoms with Gasteiger partial charge in [0.15, 0.2) is 0 Å². The van der Waals surface area contributed by atoms with E-state index in [0.29, 0.717) is 0 Å². The number of anilines is 1. The molecule has 1 unspecified atom stereocenters. The molecule has 0 aromatic carbocycles. The average Bonchev–Trinajstić information content (AvgIpc) is 2.78. The Morgan fingerprint density at radius 2 is 2.16 bits per heavy atom. The third kappa shape index (κ3) is 2.74. The van der Waals surface area contributed by atoms with E-state index in [1.807, 2.05) is 0 Å². The van der Waals surface area contributed by atoms with E-state index in [4.69, 9.17) is 11.6 Å². The van der Waals surface area contributed by atoms with Gasteiger partial charge in [0.25, 0.3) is 0 Å². The van der Waals surface area contributed by atoms with E-state index in [-0.39, 0.29) is 35.4 Å². The summed E-state index contributed by atoms with van der Waals surface area (Å²) in [7, 11) is 0. The first-order chi connectivity index (χ1) is 8.84. The maximum Gasteiger partial charge on any atom is 0.445 e. The zero-order valence-electron chi connectivity index (χ0n) is 9.26. The van der Waals surface area contributed by atoms with Gasteiger partial charge in [-0.1, -0.05) is 11.3 Å². The van der Waals surface area contributed by atoms with E-state index in [9.17, 15) is 23.1 Å². The number of aliphatic hydroxyl groups is 1. The van der Waals surface area contributed by atoms with Gasteiger partial charge in [-0.3, -0.25) is 0 Å². The van der Waals surface area contributed by atoms with Gasteiger partial charge in [-0.15, -0.1) is 21.8 Å². The molecule has 0 spiro atoms. The van der Waals surface area contributed by atoms with E-state index in [2.05, 4.69) is 10.2 Å². The molecule has 2 rings (SSSR count). The number of aromatic nitrogens is 2. The maximum absolute atomic E-state index is 12.4. The molecule has 1 atom stereocenters. The second-order valence-electron chi connectivity index (χ2n) is 3.69. The van der Waals surface area contributed by atoms with Gasteiger partial charge in [0, 0.05) is 13.0 Å². The highest BCUT2D eigenvalue weighted by Crippen LogP contribution is 2.35. The first-order valence-corrected chi connectivity index (χ1v) is 6.42. The van der Waals surface area contributed by atoms with Crippen molar-refractivity contribution in [3.05, 3.63) is 5.01 Å². The topological polar surface area (TPSA) is 69.6 Å². The van der Waals surface area contributed by atoms with Crippen molar-refractivity contribution >= 4 is 34.1 Å². The molecule has 1 aromatic rings. The fraction of sp³-hybridized carbons (Fsp3) is 0.625. The van der Waals surface area contributed by atoms with Gasteiger partial charge in [-0.2, -0.15) is 13.2 Å². The zero-order valence-corrected chi connectivity index (χ0v) is 10.8. The van der Waals surface area contributed by atoms with Crippen molar-refractivity contribution in [3.8, 4) is 0 Å². The summed E-state index contributed by atoms with van der Waals surface area (Å²) >= 11 is 5.73. The average molecular weight is 317 g/mol. The summed E-state index contributed by atoms with van der Waals surface area (Å²) in [6, 6.07) is -0.814. The fourth-order valence-electron chi connectivity index (χ4n) is 1.52. The van der Waals surface area contributed by atoms with E-state index in [0.717, 1.165) is 4.90 Å². The number of aliphatic hydroxyl groups excluding tert-OH is 1. The summed E-state index contributed by atoms with van der Waals surface area (Å²) in [4.78, 5) is 13.8. The third-order valence-electron chi connectivity index (χ3n) is 2.44. The number of hydrogen-bond acceptors (Lipinski definition) is 5. The number of hydrogen-bond donors (Lipinski definition) is 1. The van der Waals surface area contributed by atoms with E-state index in [1.165, 1.54) is 4.90 Å². The Balaban J connectivity index is 2.28. The molecule has 1 N–H and O–H groups in total. The van der Waals surface area contributed by atoms with Crippen LogP contribution >= 0.6 is 22.9 Å². The molecular formula is C8H8ClF3N4O2S. The molecule has 0 bridgehead atoms. The number of urea groups is 1. The van der Waals surface area contributed by atoms with Gasteiger partial charge in [-0.25, -0.2) is 9.69 Å². The van der Waals surface area contributed by atoms with E-state index >= 15 is 0 Å². The quantitative estimate of drug-likeness (QED) is 0.666. The van der Waals surface area contributed by atoms with Crippen LogP contribution in [0.3, 0.4) is 0 Å². The Morgan fingerprint density at radius 3 is 2.68 bits per heavy atom. The minimum Gasteiger partial charge on any atom is -0.373 e. The number of carbonyl (C=O) groups is 1. The molecule has 1 aliphatic heterocycles.